The molecule has 0 amide bonds. The molecule has 0 radical (unpaired) electrons. The van der Waals surface area contributed by atoms with Gasteiger partial charge in [0.05, 0.1) is 16.6 Å². The zero-order chi connectivity index (χ0) is 36.3. The van der Waals surface area contributed by atoms with Crippen LogP contribution in [0.2, 0.25) is 0 Å². The molecule has 2 atom stereocenters. The standard InChI is InChI=1S/C48H37F3N2/c1-47(2)43-30-33(19-18-32-20-24-38(25-21-32)52(35-12-6-3-7-13-35)36-14-8-4-9-15-36)22-26-39(43)40-27-28-41-42-31-34(48(49,50)51)23-29-44(42)53(46(41)45(40)47)37-16-10-5-11-17-37/h3-31,39,43H,1-2H3/b19-18+. The van der Waals surface area contributed by atoms with Gasteiger partial charge < -0.3 is 9.47 Å². The van der Waals surface area contributed by atoms with Crippen molar-refractivity contribution in [1.29, 1.82) is 0 Å². The zero-order valence-corrected chi connectivity index (χ0v) is 29.4. The normalized spacial score (nSPS) is 17.6. The molecule has 0 fully saturated rings. The average Bonchev–Trinajstić information content (AvgIpc) is 3.63. The van der Waals surface area contributed by atoms with Crippen LogP contribution in [-0.2, 0) is 11.6 Å². The zero-order valence-electron chi connectivity index (χ0n) is 29.4. The summed E-state index contributed by atoms with van der Waals surface area (Å²) in [4.78, 5) is 2.25. The molecule has 2 aliphatic rings. The molecular weight excluding hydrogens is 662 g/mol. The molecule has 0 saturated carbocycles. The molecule has 1 heterocycles. The SMILES string of the molecule is CC1(C)c2c(ccc3c4cc(C(F)(F)F)ccc4n(-c4ccccc4)c23)C2C=CC(/C=C/c3ccc(N(c4ccccc4)c4ccccc4)cc3)=CC21. The van der Waals surface area contributed by atoms with Gasteiger partial charge in [0, 0.05) is 39.4 Å². The van der Waals surface area contributed by atoms with Gasteiger partial charge in [0.25, 0.3) is 0 Å². The number of rotatable bonds is 6. The quantitative estimate of drug-likeness (QED) is 0.168. The number of nitrogens with zero attached hydrogens (tertiary/aromatic N) is 2. The summed E-state index contributed by atoms with van der Waals surface area (Å²) in [5.74, 6) is 0.337. The Morgan fingerprint density at radius 2 is 1.28 bits per heavy atom. The maximum atomic E-state index is 13.9. The van der Waals surface area contributed by atoms with Crippen molar-refractivity contribution in [2.45, 2.75) is 31.4 Å². The number of anilines is 3. The van der Waals surface area contributed by atoms with E-state index in [9.17, 15) is 13.2 Å². The Morgan fingerprint density at radius 1 is 0.660 bits per heavy atom. The fraction of sp³-hybridized carbons (Fsp3) is 0.125. The lowest BCUT2D eigenvalue weighted by atomic mass is 9.73. The molecule has 2 aliphatic carbocycles. The second-order valence-electron chi connectivity index (χ2n) is 14.6. The van der Waals surface area contributed by atoms with Gasteiger partial charge in [0.2, 0.25) is 0 Å². The summed E-state index contributed by atoms with van der Waals surface area (Å²) in [7, 11) is 0. The average molecular weight is 699 g/mol. The maximum absolute atomic E-state index is 13.9. The van der Waals surface area contributed by atoms with Crippen molar-refractivity contribution in [3.8, 4) is 5.69 Å². The van der Waals surface area contributed by atoms with E-state index in [-0.39, 0.29) is 17.3 Å². The van der Waals surface area contributed by atoms with E-state index in [0.29, 0.717) is 5.39 Å². The number of fused-ring (bicyclic) bond motifs is 7. The first-order chi connectivity index (χ1) is 25.7. The van der Waals surface area contributed by atoms with Crippen LogP contribution in [0.5, 0.6) is 0 Å². The first kappa shape index (κ1) is 32.8. The molecule has 1 aromatic heterocycles. The largest absolute Gasteiger partial charge is 0.416 e. The third-order valence-electron chi connectivity index (χ3n) is 11.0. The second-order valence-corrected chi connectivity index (χ2v) is 14.6. The molecule has 0 spiro atoms. The van der Waals surface area contributed by atoms with Crippen molar-refractivity contribution in [3.05, 3.63) is 198 Å². The number of hydrogen-bond donors (Lipinski definition) is 0. The Balaban J connectivity index is 1.07. The molecular formula is C48H37F3N2. The van der Waals surface area contributed by atoms with Gasteiger partial charge in [-0.15, -0.1) is 0 Å². The maximum Gasteiger partial charge on any atom is 0.416 e. The minimum atomic E-state index is -4.42. The van der Waals surface area contributed by atoms with E-state index in [1.807, 2.05) is 48.5 Å². The predicted molar refractivity (Wildman–Crippen MR) is 212 cm³/mol. The third-order valence-corrected chi connectivity index (χ3v) is 11.0. The molecule has 260 valence electrons. The summed E-state index contributed by atoms with van der Waals surface area (Å²) in [5, 5.41) is 1.46. The molecule has 7 aromatic rings. The first-order valence-electron chi connectivity index (χ1n) is 18.0. The van der Waals surface area contributed by atoms with Crippen LogP contribution in [0.25, 0.3) is 33.6 Å². The molecule has 0 aliphatic heterocycles. The molecule has 0 saturated heterocycles. The Hall–Kier alpha value is -6.07. The van der Waals surface area contributed by atoms with Gasteiger partial charge in [-0.2, -0.15) is 13.2 Å². The lowest BCUT2D eigenvalue weighted by molar-refractivity contribution is -0.137. The summed E-state index contributed by atoms with van der Waals surface area (Å²) in [6, 6.07) is 47.7. The fourth-order valence-electron chi connectivity index (χ4n) is 8.56. The summed E-state index contributed by atoms with van der Waals surface area (Å²) >= 11 is 0. The number of halogens is 3. The minimum Gasteiger partial charge on any atom is -0.311 e. The summed E-state index contributed by atoms with van der Waals surface area (Å²) in [6.45, 7) is 4.57. The van der Waals surface area contributed by atoms with Crippen LogP contribution >= 0.6 is 0 Å². The highest BCUT2D eigenvalue weighted by molar-refractivity contribution is 6.11. The summed E-state index contributed by atoms with van der Waals surface area (Å²) in [5.41, 5.74) is 9.72. The first-order valence-corrected chi connectivity index (χ1v) is 18.0. The van der Waals surface area contributed by atoms with Gasteiger partial charge in [-0.3, -0.25) is 0 Å². The van der Waals surface area contributed by atoms with E-state index in [2.05, 4.69) is 133 Å². The van der Waals surface area contributed by atoms with Crippen LogP contribution in [-0.4, -0.2) is 4.57 Å². The Kier molecular flexibility index (Phi) is 7.77. The van der Waals surface area contributed by atoms with Crippen LogP contribution in [0.3, 0.4) is 0 Å². The topological polar surface area (TPSA) is 8.17 Å². The molecule has 53 heavy (non-hydrogen) atoms. The second kappa shape index (κ2) is 12.6. The van der Waals surface area contributed by atoms with Crippen molar-refractivity contribution in [1.82, 2.24) is 4.57 Å². The minimum absolute atomic E-state index is 0.163. The van der Waals surface area contributed by atoms with Crippen LogP contribution in [0.1, 0.15) is 42.0 Å². The summed E-state index contributed by atoms with van der Waals surface area (Å²) < 4.78 is 44.0. The number of allylic oxidation sites excluding steroid dienone is 5. The van der Waals surface area contributed by atoms with Crippen LogP contribution in [0.15, 0.2) is 175 Å². The van der Waals surface area contributed by atoms with Gasteiger partial charge in [-0.25, -0.2) is 0 Å². The van der Waals surface area contributed by atoms with E-state index in [1.54, 1.807) is 6.07 Å². The number of hydrogen-bond acceptors (Lipinski definition) is 1. The summed E-state index contributed by atoms with van der Waals surface area (Å²) in [6.07, 6.45) is 6.81. The van der Waals surface area contributed by atoms with Crippen LogP contribution in [0.4, 0.5) is 30.2 Å². The van der Waals surface area contributed by atoms with E-state index in [1.165, 1.54) is 23.3 Å². The van der Waals surface area contributed by atoms with Gasteiger partial charge in [0.1, 0.15) is 0 Å². The molecule has 5 heteroatoms. The molecule has 0 bridgehead atoms. The van der Waals surface area contributed by atoms with Crippen molar-refractivity contribution in [2.24, 2.45) is 5.92 Å². The van der Waals surface area contributed by atoms with Crippen molar-refractivity contribution >= 4 is 44.9 Å². The molecule has 6 aromatic carbocycles. The highest BCUT2D eigenvalue weighted by atomic mass is 19.4. The van der Waals surface area contributed by atoms with Gasteiger partial charge in [-0.05, 0) is 100 Å². The van der Waals surface area contributed by atoms with Gasteiger partial charge in [-0.1, -0.05) is 123 Å². The van der Waals surface area contributed by atoms with Gasteiger partial charge in [0.15, 0.2) is 0 Å². The Labute approximate surface area is 307 Å². The fourth-order valence-corrected chi connectivity index (χ4v) is 8.56. The number of aromatic nitrogens is 1. The smallest absolute Gasteiger partial charge is 0.311 e. The van der Waals surface area contributed by atoms with Crippen molar-refractivity contribution in [3.63, 3.8) is 0 Å². The predicted octanol–water partition coefficient (Wildman–Crippen LogP) is 13.5. The highest BCUT2D eigenvalue weighted by Crippen LogP contribution is 2.57. The molecule has 0 N–H and O–H groups in total. The number of alkyl halides is 3. The molecule has 2 nitrogen and oxygen atoms in total. The highest BCUT2D eigenvalue weighted by Gasteiger charge is 2.47. The molecule has 9 rings (SSSR count). The van der Waals surface area contributed by atoms with E-state index in [0.717, 1.165) is 50.3 Å². The van der Waals surface area contributed by atoms with Crippen molar-refractivity contribution in [2.75, 3.05) is 4.90 Å². The Bertz CT molecular complexity index is 2520. The number of benzene rings is 6. The van der Waals surface area contributed by atoms with Crippen molar-refractivity contribution < 1.29 is 13.2 Å². The lowest BCUT2D eigenvalue weighted by Crippen LogP contribution is -2.25. The van der Waals surface area contributed by atoms with E-state index >= 15 is 0 Å². The van der Waals surface area contributed by atoms with Gasteiger partial charge >= 0.3 is 6.18 Å². The van der Waals surface area contributed by atoms with Crippen LogP contribution in [0, 0.1) is 5.92 Å². The van der Waals surface area contributed by atoms with Crippen LogP contribution < -0.4 is 4.90 Å². The molecule has 2 unspecified atom stereocenters. The third kappa shape index (κ3) is 5.59. The Morgan fingerprint density at radius 3 is 1.92 bits per heavy atom. The van der Waals surface area contributed by atoms with E-state index in [4.69, 9.17) is 0 Å². The monoisotopic (exact) mass is 698 g/mol. The number of para-hydroxylation sites is 3. The van der Waals surface area contributed by atoms with E-state index < -0.39 is 11.7 Å². The lowest BCUT2D eigenvalue weighted by Gasteiger charge is -2.31.